The Labute approximate surface area is 252 Å². The molecule has 1 unspecified atom stereocenters. The monoisotopic (exact) mass is 609 g/mol. The molecule has 0 spiro atoms. The molecule has 1 aromatic heterocycles. The van der Waals surface area contributed by atoms with E-state index in [0.29, 0.717) is 43.2 Å². The SMILES string of the molecule is CCCC(CCOC(C)=O)Nc1nc(N)nc(C)c1Cc1ccc(OCCCN(CC(=O)OCC)CC(F)F)cc1OC. The molecule has 0 fully saturated rings. The molecular weight excluding hydrogens is 564 g/mol. The molecule has 13 heteroatoms. The van der Waals surface area contributed by atoms with Gasteiger partial charge in [0.25, 0.3) is 6.43 Å². The molecule has 0 radical (unpaired) electrons. The van der Waals surface area contributed by atoms with Crippen LogP contribution in [0.15, 0.2) is 18.2 Å². The van der Waals surface area contributed by atoms with E-state index >= 15 is 0 Å². The Morgan fingerprint density at radius 2 is 1.88 bits per heavy atom. The predicted molar refractivity (Wildman–Crippen MR) is 160 cm³/mol. The first-order valence-corrected chi connectivity index (χ1v) is 14.5. The van der Waals surface area contributed by atoms with Crippen LogP contribution >= 0.6 is 0 Å². The van der Waals surface area contributed by atoms with Crippen molar-refractivity contribution in [3.05, 3.63) is 35.0 Å². The van der Waals surface area contributed by atoms with E-state index in [4.69, 9.17) is 24.7 Å². The first-order chi connectivity index (χ1) is 20.6. The van der Waals surface area contributed by atoms with Gasteiger partial charge in [0.15, 0.2) is 0 Å². The first kappa shape index (κ1) is 35.5. The van der Waals surface area contributed by atoms with Crippen LogP contribution in [0.1, 0.15) is 63.3 Å². The Morgan fingerprint density at radius 3 is 2.53 bits per heavy atom. The predicted octanol–water partition coefficient (Wildman–Crippen LogP) is 4.40. The largest absolute Gasteiger partial charge is 0.496 e. The van der Waals surface area contributed by atoms with Crippen molar-refractivity contribution in [3.63, 3.8) is 0 Å². The zero-order valence-electron chi connectivity index (χ0n) is 25.8. The summed E-state index contributed by atoms with van der Waals surface area (Å²) < 4.78 is 47.4. The van der Waals surface area contributed by atoms with Crippen molar-refractivity contribution in [3.8, 4) is 11.5 Å². The van der Waals surface area contributed by atoms with Gasteiger partial charge in [-0.2, -0.15) is 4.98 Å². The molecule has 3 N–H and O–H groups in total. The molecule has 0 amide bonds. The third-order valence-corrected chi connectivity index (χ3v) is 6.55. The highest BCUT2D eigenvalue weighted by Gasteiger charge is 2.19. The van der Waals surface area contributed by atoms with Crippen molar-refractivity contribution in [1.82, 2.24) is 14.9 Å². The topological polar surface area (TPSA) is 138 Å². The molecule has 2 rings (SSSR count). The Kier molecular flexibility index (Phi) is 15.4. The molecule has 0 aliphatic heterocycles. The van der Waals surface area contributed by atoms with Crippen LogP contribution in [0.5, 0.6) is 11.5 Å². The third-order valence-electron chi connectivity index (χ3n) is 6.55. The van der Waals surface area contributed by atoms with Crippen molar-refractivity contribution < 1.29 is 37.3 Å². The number of nitrogens with zero attached hydrogens (tertiary/aromatic N) is 3. The van der Waals surface area contributed by atoms with Gasteiger partial charge in [-0.05, 0) is 38.3 Å². The average Bonchev–Trinajstić information content (AvgIpc) is 2.93. The molecule has 43 heavy (non-hydrogen) atoms. The van der Waals surface area contributed by atoms with Gasteiger partial charge in [-0.15, -0.1) is 0 Å². The maximum Gasteiger partial charge on any atom is 0.320 e. The summed E-state index contributed by atoms with van der Waals surface area (Å²) in [6, 6.07) is 5.49. The number of hydrogen-bond acceptors (Lipinski definition) is 11. The summed E-state index contributed by atoms with van der Waals surface area (Å²) in [6.07, 6.45) is 0.727. The number of nitrogens with two attached hydrogens (primary N) is 1. The van der Waals surface area contributed by atoms with Gasteiger partial charge in [-0.3, -0.25) is 14.5 Å². The normalized spacial score (nSPS) is 11.8. The van der Waals surface area contributed by atoms with Gasteiger partial charge in [-0.1, -0.05) is 19.4 Å². The number of alkyl halides is 2. The zero-order valence-corrected chi connectivity index (χ0v) is 25.8. The summed E-state index contributed by atoms with van der Waals surface area (Å²) in [5.74, 6) is 1.08. The minimum Gasteiger partial charge on any atom is -0.496 e. The summed E-state index contributed by atoms with van der Waals surface area (Å²) in [5.41, 5.74) is 8.45. The summed E-state index contributed by atoms with van der Waals surface area (Å²) in [6.45, 7) is 7.30. The fourth-order valence-corrected chi connectivity index (χ4v) is 4.57. The number of carbonyl (C=O) groups is 2. The Balaban J connectivity index is 2.11. The van der Waals surface area contributed by atoms with E-state index in [0.717, 1.165) is 29.7 Å². The van der Waals surface area contributed by atoms with E-state index < -0.39 is 18.9 Å². The van der Waals surface area contributed by atoms with Gasteiger partial charge in [0, 0.05) is 49.7 Å². The van der Waals surface area contributed by atoms with E-state index in [1.807, 2.05) is 19.1 Å². The van der Waals surface area contributed by atoms with Gasteiger partial charge < -0.3 is 30.0 Å². The summed E-state index contributed by atoms with van der Waals surface area (Å²) >= 11 is 0. The number of nitrogens with one attached hydrogen (secondary N) is 1. The fourth-order valence-electron chi connectivity index (χ4n) is 4.57. The molecule has 240 valence electrons. The Hall–Kier alpha value is -3.74. The minimum atomic E-state index is -2.56. The van der Waals surface area contributed by atoms with Gasteiger partial charge in [0.2, 0.25) is 5.95 Å². The second kappa shape index (κ2) is 18.7. The lowest BCUT2D eigenvalue weighted by atomic mass is 10.0. The van der Waals surface area contributed by atoms with Crippen LogP contribution in [-0.2, 0) is 25.5 Å². The van der Waals surface area contributed by atoms with Crippen molar-refractivity contribution in [1.29, 1.82) is 0 Å². The van der Waals surface area contributed by atoms with Gasteiger partial charge >= 0.3 is 11.9 Å². The number of aromatic nitrogens is 2. The standard InChI is InChI=1S/C30H45F2N5O6/c1-6-9-23(12-15-42-21(4)38)35-29-25(20(3)34-30(33)36-29)16-22-10-11-24(17-26(22)40-5)43-14-8-13-37(18-27(31)32)19-28(39)41-7-2/h10-11,17,23,27H,6-9,12-16,18-19H2,1-5H3,(H3,33,34,35,36). The van der Waals surface area contributed by atoms with E-state index in [2.05, 4.69) is 22.2 Å². The molecule has 0 bridgehead atoms. The lowest BCUT2D eigenvalue weighted by Crippen LogP contribution is -2.36. The zero-order chi connectivity index (χ0) is 31.8. The van der Waals surface area contributed by atoms with E-state index in [1.54, 1.807) is 20.1 Å². The highest BCUT2D eigenvalue weighted by atomic mass is 19.3. The van der Waals surface area contributed by atoms with E-state index in [1.165, 1.54) is 11.8 Å². The van der Waals surface area contributed by atoms with Crippen molar-refractivity contribution in [2.45, 2.75) is 72.3 Å². The van der Waals surface area contributed by atoms with Gasteiger partial charge in [0.05, 0.1) is 40.0 Å². The van der Waals surface area contributed by atoms with Crippen LogP contribution in [0.25, 0.3) is 0 Å². The van der Waals surface area contributed by atoms with Crippen LogP contribution in [-0.4, -0.2) is 85.8 Å². The van der Waals surface area contributed by atoms with Crippen molar-refractivity contribution >= 4 is 23.7 Å². The highest BCUT2D eigenvalue weighted by Crippen LogP contribution is 2.30. The minimum absolute atomic E-state index is 0.0170. The number of hydrogen-bond donors (Lipinski definition) is 2. The fraction of sp³-hybridized carbons (Fsp3) is 0.600. The number of nitrogen functional groups attached to an aromatic ring is 1. The lowest BCUT2D eigenvalue weighted by Gasteiger charge is -2.22. The molecule has 2 aromatic rings. The number of rotatable bonds is 20. The molecule has 0 saturated heterocycles. The summed E-state index contributed by atoms with van der Waals surface area (Å²) in [5, 5.41) is 3.48. The number of anilines is 2. The van der Waals surface area contributed by atoms with Crippen LogP contribution in [0, 0.1) is 6.92 Å². The maximum absolute atomic E-state index is 12.9. The quantitative estimate of drug-likeness (QED) is 0.163. The van der Waals surface area contributed by atoms with E-state index in [9.17, 15) is 18.4 Å². The number of ether oxygens (including phenoxy) is 4. The van der Waals surface area contributed by atoms with Crippen LogP contribution in [0.3, 0.4) is 0 Å². The first-order valence-electron chi connectivity index (χ1n) is 14.5. The molecule has 1 atom stereocenters. The molecule has 0 saturated carbocycles. The van der Waals surface area contributed by atoms with Crippen LogP contribution in [0.4, 0.5) is 20.5 Å². The number of methoxy groups -OCH3 is 1. The average molecular weight is 610 g/mol. The number of aryl methyl sites for hydroxylation is 1. The Morgan fingerprint density at radius 1 is 1.12 bits per heavy atom. The molecule has 0 aliphatic rings. The number of halogens is 2. The molecule has 0 aliphatic carbocycles. The van der Waals surface area contributed by atoms with Crippen molar-refractivity contribution in [2.75, 3.05) is 57.6 Å². The van der Waals surface area contributed by atoms with Crippen LogP contribution in [0.2, 0.25) is 0 Å². The smallest absolute Gasteiger partial charge is 0.320 e. The van der Waals surface area contributed by atoms with Crippen LogP contribution < -0.4 is 20.5 Å². The second-order valence-electron chi connectivity index (χ2n) is 10.0. The number of esters is 2. The summed E-state index contributed by atoms with van der Waals surface area (Å²) in [7, 11) is 1.57. The number of carbonyl (C=O) groups excluding carboxylic acids is 2. The highest BCUT2D eigenvalue weighted by molar-refractivity contribution is 5.71. The second-order valence-corrected chi connectivity index (χ2v) is 10.0. The molecular formula is C30H45F2N5O6. The third kappa shape index (κ3) is 13.0. The molecule has 1 aromatic carbocycles. The lowest BCUT2D eigenvalue weighted by molar-refractivity contribution is -0.145. The van der Waals surface area contributed by atoms with Gasteiger partial charge in [0.1, 0.15) is 17.3 Å². The molecule has 11 nitrogen and oxygen atoms in total. The van der Waals surface area contributed by atoms with Gasteiger partial charge in [-0.25, -0.2) is 13.8 Å². The number of benzene rings is 1. The maximum atomic E-state index is 12.9. The van der Waals surface area contributed by atoms with E-state index in [-0.39, 0.29) is 44.3 Å². The summed E-state index contributed by atoms with van der Waals surface area (Å²) in [4.78, 5) is 33.2. The van der Waals surface area contributed by atoms with Crippen molar-refractivity contribution in [2.24, 2.45) is 0 Å². The Bertz CT molecular complexity index is 1170. The molecule has 1 heterocycles.